The number of imidazole rings is 1. The lowest BCUT2D eigenvalue weighted by Crippen LogP contribution is -2.46. The van der Waals surface area contributed by atoms with Crippen molar-refractivity contribution >= 4 is 33.8 Å². The number of carbonyl (C=O) groups excluding carboxylic acids is 1. The zero-order valence-electron chi connectivity index (χ0n) is 18.0. The average molecular weight is 427 g/mol. The van der Waals surface area contributed by atoms with Gasteiger partial charge < -0.3 is 30.0 Å². The molecule has 3 heterocycles. The van der Waals surface area contributed by atoms with Crippen LogP contribution in [0.5, 0.6) is 0 Å². The van der Waals surface area contributed by atoms with Crippen LogP contribution in [0.15, 0.2) is 24.3 Å². The van der Waals surface area contributed by atoms with Gasteiger partial charge in [-0.05, 0) is 18.9 Å². The number of methoxy groups -OCH3 is 1. The van der Waals surface area contributed by atoms with Crippen LogP contribution in [-0.4, -0.2) is 72.0 Å². The lowest BCUT2D eigenvalue weighted by Gasteiger charge is -2.26. The molecule has 0 unspecified atom stereocenters. The Morgan fingerprint density at radius 2 is 2.03 bits per heavy atom. The van der Waals surface area contributed by atoms with Crippen LogP contribution in [0.3, 0.4) is 0 Å². The van der Waals surface area contributed by atoms with Gasteiger partial charge in [0.15, 0.2) is 5.82 Å². The van der Waals surface area contributed by atoms with Crippen molar-refractivity contribution in [3.63, 3.8) is 0 Å². The van der Waals surface area contributed by atoms with Crippen LogP contribution in [-0.2, 0) is 22.4 Å². The van der Waals surface area contributed by atoms with Crippen molar-refractivity contribution in [3.05, 3.63) is 30.1 Å². The molecule has 9 heteroatoms. The number of anilines is 1. The molecule has 2 amide bonds. The summed E-state index contributed by atoms with van der Waals surface area (Å²) in [6, 6.07) is 7.99. The second kappa shape index (κ2) is 9.93. The Balaban J connectivity index is 1.47. The molecule has 3 N–H and O–H groups in total. The van der Waals surface area contributed by atoms with Crippen LogP contribution in [0.2, 0.25) is 0 Å². The van der Waals surface area contributed by atoms with Gasteiger partial charge in [0, 0.05) is 45.1 Å². The molecule has 1 aliphatic rings. The molecule has 0 spiro atoms. The average Bonchev–Trinajstić information content (AvgIpc) is 3.17. The SMILES string of the molecule is COCCc1nc2c(N)nc3ccccc3c2n1CCCCNC(=O)N1CCOCC1. The predicted molar refractivity (Wildman–Crippen MR) is 120 cm³/mol. The van der Waals surface area contributed by atoms with Crippen molar-refractivity contribution < 1.29 is 14.3 Å². The maximum absolute atomic E-state index is 12.2. The van der Waals surface area contributed by atoms with Crippen LogP contribution >= 0.6 is 0 Å². The monoisotopic (exact) mass is 426 g/mol. The van der Waals surface area contributed by atoms with E-state index < -0.39 is 0 Å². The van der Waals surface area contributed by atoms with E-state index in [0.29, 0.717) is 51.7 Å². The molecule has 4 rings (SSSR count). The molecule has 0 aliphatic carbocycles. The molecular formula is C22H30N6O3. The maximum Gasteiger partial charge on any atom is 0.317 e. The smallest absolute Gasteiger partial charge is 0.317 e. The molecule has 166 valence electrons. The number of nitrogens with zero attached hydrogens (tertiary/aromatic N) is 4. The number of benzene rings is 1. The molecule has 0 atom stereocenters. The summed E-state index contributed by atoms with van der Waals surface area (Å²) in [5, 5.41) is 4.06. The highest BCUT2D eigenvalue weighted by molar-refractivity contribution is 6.06. The molecule has 1 aromatic carbocycles. The fourth-order valence-corrected chi connectivity index (χ4v) is 4.00. The van der Waals surface area contributed by atoms with E-state index in [-0.39, 0.29) is 6.03 Å². The first-order chi connectivity index (χ1) is 15.2. The van der Waals surface area contributed by atoms with Gasteiger partial charge in [0.1, 0.15) is 11.3 Å². The van der Waals surface area contributed by atoms with Gasteiger partial charge in [0.05, 0.1) is 30.9 Å². The summed E-state index contributed by atoms with van der Waals surface area (Å²) in [6.07, 6.45) is 2.48. The number of hydrogen-bond donors (Lipinski definition) is 2. The number of unbranched alkanes of at least 4 members (excludes halogenated alkanes) is 1. The summed E-state index contributed by atoms with van der Waals surface area (Å²) >= 11 is 0. The number of nitrogens with two attached hydrogens (primary N) is 1. The minimum Gasteiger partial charge on any atom is -0.384 e. The van der Waals surface area contributed by atoms with E-state index >= 15 is 0 Å². The van der Waals surface area contributed by atoms with Gasteiger partial charge in [-0.2, -0.15) is 0 Å². The summed E-state index contributed by atoms with van der Waals surface area (Å²) in [6.45, 7) is 4.53. The standard InChI is InChI=1S/C22H30N6O3/c1-30-13-8-18-26-19-20(16-6-2-3-7-17(16)25-21(19)23)28(18)10-5-4-9-24-22(29)27-11-14-31-15-12-27/h2-3,6-7H,4-5,8-15H2,1H3,(H2,23,25)(H,24,29). The molecule has 0 radical (unpaired) electrons. The summed E-state index contributed by atoms with van der Waals surface area (Å²) < 4.78 is 12.8. The number of aromatic nitrogens is 3. The molecular weight excluding hydrogens is 396 g/mol. The minimum atomic E-state index is -0.0120. The summed E-state index contributed by atoms with van der Waals surface area (Å²) in [4.78, 5) is 23.4. The predicted octanol–water partition coefficient (Wildman–Crippen LogP) is 2.18. The van der Waals surface area contributed by atoms with E-state index in [9.17, 15) is 4.79 Å². The maximum atomic E-state index is 12.2. The Hall–Kier alpha value is -2.91. The Labute approximate surface area is 181 Å². The quantitative estimate of drug-likeness (QED) is 0.535. The van der Waals surface area contributed by atoms with Crippen molar-refractivity contribution in [2.24, 2.45) is 0 Å². The number of hydrogen-bond acceptors (Lipinski definition) is 6. The number of urea groups is 1. The molecule has 1 saturated heterocycles. The van der Waals surface area contributed by atoms with Gasteiger partial charge >= 0.3 is 6.03 Å². The van der Waals surface area contributed by atoms with Gasteiger partial charge in [-0.1, -0.05) is 18.2 Å². The lowest BCUT2D eigenvalue weighted by molar-refractivity contribution is 0.0532. The van der Waals surface area contributed by atoms with Gasteiger partial charge in [-0.25, -0.2) is 14.8 Å². The zero-order chi connectivity index (χ0) is 21.6. The molecule has 2 aromatic heterocycles. The van der Waals surface area contributed by atoms with Crippen molar-refractivity contribution in [1.82, 2.24) is 24.8 Å². The first-order valence-corrected chi connectivity index (χ1v) is 10.8. The van der Waals surface area contributed by atoms with Crippen molar-refractivity contribution in [1.29, 1.82) is 0 Å². The first kappa shape index (κ1) is 21.3. The topological polar surface area (TPSA) is 108 Å². The number of carbonyl (C=O) groups is 1. The number of fused-ring (bicyclic) bond motifs is 3. The van der Waals surface area contributed by atoms with E-state index in [2.05, 4.69) is 20.9 Å². The first-order valence-electron chi connectivity index (χ1n) is 10.8. The van der Waals surface area contributed by atoms with Gasteiger partial charge in [0.2, 0.25) is 0 Å². The number of pyridine rings is 1. The molecule has 0 saturated carbocycles. The Bertz CT molecular complexity index is 1040. The molecule has 31 heavy (non-hydrogen) atoms. The van der Waals surface area contributed by atoms with E-state index in [1.807, 2.05) is 18.2 Å². The highest BCUT2D eigenvalue weighted by atomic mass is 16.5. The Morgan fingerprint density at radius 3 is 2.84 bits per heavy atom. The lowest BCUT2D eigenvalue weighted by atomic mass is 10.2. The van der Waals surface area contributed by atoms with Crippen LogP contribution in [0, 0.1) is 0 Å². The Morgan fingerprint density at radius 1 is 1.23 bits per heavy atom. The number of morpholine rings is 1. The van der Waals surface area contributed by atoms with Crippen molar-refractivity contribution in [2.75, 3.05) is 52.3 Å². The van der Waals surface area contributed by atoms with Crippen LogP contribution in [0.1, 0.15) is 18.7 Å². The zero-order valence-corrected chi connectivity index (χ0v) is 18.0. The normalized spacial score (nSPS) is 14.4. The van der Waals surface area contributed by atoms with Crippen molar-refractivity contribution in [3.8, 4) is 0 Å². The molecule has 1 aliphatic heterocycles. The largest absolute Gasteiger partial charge is 0.384 e. The summed E-state index contributed by atoms with van der Waals surface area (Å²) in [7, 11) is 1.69. The van der Waals surface area contributed by atoms with Crippen LogP contribution in [0.25, 0.3) is 21.9 Å². The highest BCUT2D eigenvalue weighted by Gasteiger charge is 2.18. The third kappa shape index (κ3) is 4.72. The number of nitrogens with one attached hydrogen (secondary N) is 1. The number of rotatable bonds is 8. The van der Waals surface area contributed by atoms with Crippen LogP contribution < -0.4 is 11.1 Å². The fourth-order valence-electron chi connectivity index (χ4n) is 4.00. The molecule has 9 nitrogen and oxygen atoms in total. The minimum absolute atomic E-state index is 0.0120. The fraction of sp³-hybridized carbons (Fsp3) is 0.500. The number of amides is 2. The third-order valence-electron chi connectivity index (χ3n) is 5.60. The molecule has 0 bridgehead atoms. The number of nitrogen functional groups attached to an aromatic ring is 1. The number of aryl methyl sites for hydroxylation is 1. The summed E-state index contributed by atoms with van der Waals surface area (Å²) in [5.74, 6) is 1.39. The Kier molecular flexibility index (Phi) is 6.83. The highest BCUT2D eigenvalue weighted by Crippen LogP contribution is 2.29. The van der Waals surface area contributed by atoms with E-state index in [0.717, 1.165) is 47.1 Å². The van der Waals surface area contributed by atoms with Gasteiger partial charge in [0.25, 0.3) is 0 Å². The number of para-hydroxylation sites is 1. The summed E-state index contributed by atoms with van der Waals surface area (Å²) in [5.41, 5.74) is 8.86. The number of ether oxygens (including phenoxy) is 2. The second-order valence-electron chi connectivity index (χ2n) is 7.67. The van der Waals surface area contributed by atoms with E-state index in [4.69, 9.17) is 20.2 Å². The van der Waals surface area contributed by atoms with E-state index in [1.165, 1.54) is 0 Å². The second-order valence-corrected chi connectivity index (χ2v) is 7.67. The van der Waals surface area contributed by atoms with Gasteiger partial charge in [-0.15, -0.1) is 0 Å². The van der Waals surface area contributed by atoms with E-state index in [1.54, 1.807) is 12.0 Å². The molecule has 3 aromatic rings. The van der Waals surface area contributed by atoms with Crippen molar-refractivity contribution in [2.45, 2.75) is 25.8 Å². The molecule has 1 fully saturated rings. The third-order valence-corrected chi connectivity index (χ3v) is 5.60. The van der Waals surface area contributed by atoms with Gasteiger partial charge in [-0.3, -0.25) is 0 Å². The van der Waals surface area contributed by atoms with Crippen LogP contribution in [0.4, 0.5) is 10.6 Å².